The maximum atomic E-state index is 12.0. The molecule has 7 heteroatoms. The number of guanidine groups is 1. The van der Waals surface area contributed by atoms with Crippen molar-refractivity contribution in [1.82, 2.24) is 25.8 Å². The monoisotopic (exact) mass is 408 g/mol. The summed E-state index contributed by atoms with van der Waals surface area (Å²) in [5, 5.41) is 9.38. The molecule has 0 unspecified atom stereocenters. The molecule has 1 saturated heterocycles. The first-order valence-corrected chi connectivity index (χ1v) is 10.7. The fourth-order valence-corrected chi connectivity index (χ4v) is 3.42. The quantitative estimate of drug-likeness (QED) is 0.337. The molecule has 1 aliphatic rings. The van der Waals surface area contributed by atoms with Crippen LogP contribution in [0.3, 0.4) is 0 Å². The SMILES string of the molecule is CCNC(=NCc1ccc(CN2CCCC2)cc1)NCCNC(=O)c1cccnc1. The number of carbonyl (C=O) groups excluding carboxylic acids is 1. The number of pyridine rings is 1. The number of likely N-dealkylation sites (tertiary alicyclic amines) is 1. The minimum atomic E-state index is -0.124. The second-order valence-corrected chi connectivity index (χ2v) is 7.42. The van der Waals surface area contributed by atoms with Gasteiger partial charge >= 0.3 is 0 Å². The van der Waals surface area contributed by atoms with Crippen LogP contribution >= 0.6 is 0 Å². The summed E-state index contributed by atoms with van der Waals surface area (Å²) < 4.78 is 0. The molecule has 160 valence electrons. The molecule has 0 spiro atoms. The van der Waals surface area contributed by atoms with Gasteiger partial charge in [-0.05, 0) is 56.1 Å². The number of aliphatic imine (C=N–C) groups is 1. The van der Waals surface area contributed by atoms with Gasteiger partial charge in [0.1, 0.15) is 0 Å². The fraction of sp³-hybridized carbons (Fsp3) is 0.435. The number of rotatable bonds is 9. The van der Waals surface area contributed by atoms with Crippen molar-refractivity contribution < 1.29 is 4.79 Å². The van der Waals surface area contributed by atoms with E-state index in [0.717, 1.165) is 19.0 Å². The molecular formula is C23H32N6O. The van der Waals surface area contributed by atoms with Crippen molar-refractivity contribution in [2.45, 2.75) is 32.9 Å². The molecule has 1 amide bonds. The molecule has 3 rings (SSSR count). The molecule has 1 fully saturated rings. The van der Waals surface area contributed by atoms with E-state index in [2.05, 4.69) is 55.1 Å². The van der Waals surface area contributed by atoms with Gasteiger partial charge in [0.2, 0.25) is 0 Å². The highest BCUT2D eigenvalue weighted by molar-refractivity contribution is 5.93. The van der Waals surface area contributed by atoms with Crippen LogP contribution in [0.15, 0.2) is 53.8 Å². The lowest BCUT2D eigenvalue weighted by atomic mass is 10.1. The van der Waals surface area contributed by atoms with Gasteiger partial charge in [-0.25, -0.2) is 4.99 Å². The zero-order valence-electron chi connectivity index (χ0n) is 17.7. The fourth-order valence-electron chi connectivity index (χ4n) is 3.42. The molecule has 1 aromatic carbocycles. The van der Waals surface area contributed by atoms with Crippen molar-refractivity contribution in [3.8, 4) is 0 Å². The molecular weight excluding hydrogens is 376 g/mol. The molecule has 0 bridgehead atoms. The Morgan fingerprint density at radius 1 is 1.03 bits per heavy atom. The van der Waals surface area contributed by atoms with E-state index in [1.807, 2.05) is 6.92 Å². The van der Waals surface area contributed by atoms with Gasteiger partial charge in [0.25, 0.3) is 5.91 Å². The number of hydrogen-bond donors (Lipinski definition) is 3. The summed E-state index contributed by atoms with van der Waals surface area (Å²) in [6.45, 7) is 7.99. The summed E-state index contributed by atoms with van der Waals surface area (Å²) >= 11 is 0. The smallest absolute Gasteiger partial charge is 0.252 e. The molecule has 30 heavy (non-hydrogen) atoms. The third-order valence-corrected chi connectivity index (χ3v) is 5.02. The molecule has 1 aromatic heterocycles. The molecule has 0 radical (unpaired) electrons. The van der Waals surface area contributed by atoms with Crippen LogP contribution < -0.4 is 16.0 Å². The maximum absolute atomic E-state index is 12.0. The third-order valence-electron chi connectivity index (χ3n) is 5.02. The van der Waals surface area contributed by atoms with Gasteiger partial charge in [0, 0.05) is 38.6 Å². The summed E-state index contributed by atoms with van der Waals surface area (Å²) in [4.78, 5) is 23.2. The standard InChI is InChI=1S/C23H32N6O/c1-2-25-23(27-13-12-26-22(30)21-6-5-11-24-17-21)28-16-19-7-9-20(10-8-19)18-29-14-3-4-15-29/h5-11,17H,2-4,12-16,18H2,1H3,(H,26,30)(H2,25,27,28). The Morgan fingerprint density at radius 3 is 2.47 bits per heavy atom. The van der Waals surface area contributed by atoms with E-state index in [4.69, 9.17) is 0 Å². The summed E-state index contributed by atoms with van der Waals surface area (Å²) in [5.74, 6) is 0.620. The number of nitrogens with one attached hydrogen (secondary N) is 3. The summed E-state index contributed by atoms with van der Waals surface area (Å²) in [5.41, 5.74) is 3.10. The van der Waals surface area contributed by atoms with E-state index in [1.54, 1.807) is 24.5 Å². The van der Waals surface area contributed by atoms with E-state index < -0.39 is 0 Å². The number of nitrogens with zero attached hydrogens (tertiary/aromatic N) is 3. The van der Waals surface area contributed by atoms with E-state index in [1.165, 1.54) is 37.1 Å². The van der Waals surface area contributed by atoms with Crippen molar-refractivity contribution in [3.63, 3.8) is 0 Å². The maximum Gasteiger partial charge on any atom is 0.252 e. The first-order valence-electron chi connectivity index (χ1n) is 10.7. The van der Waals surface area contributed by atoms with E-state index >= 15 is 0 Å². The van der Waals surface area contributed by atoms with Gasteiger partial charge < -0.3 is 16.0 Å². The first-order chi connectivity index (χ1) is 14.7. The van der Waals surface area contributed by atoms with Crippen molar-refractivity contribution in [2.75, 3.05) is 32.7 Å². The highest BCUT2D eigenvalue weighted by atomic mass is 16.1. The average Bonchev–Trinajstić information content (AvgIpc) is 3.29. The molecule has 0 atom stereocenters. The predicted octanol–water partition coefficient (Wildman–Crippen LogP) is 2.16. The highest BCUT2D eigenvalue weighted by Crippen LogP contribution is 2.13. The number of carbonyl (C=O) groups is 1. The Morgan fingerprint density at radius 2 is 1.77 bits per heavy atom. The molecule has 0 saturated carbocycles. The molecule has 2 aromatic rings. The van der Waals surface area contributed by atoms with Crippen LogP contribution in [0.25, 0.3) is 0 Å². The van der Waals surface area contributed by atoms with Crippen LogP contribution in [0.4, 0.5) is 0 Å². The molecule has 7 nitrogen and oxygen atoms in total. The van der Waals surface area contributed by atoms with Crippen LogP contribution in [-0.4, -0.2) is 54.5 Å². The topological polar surface area (TPSA) is 81.7 Å². The minimum absolute atomic E-state index is 0.124. The molecule has 0 aliphatic carbocycles. The Bertz CT molecular complexity index is 800. The lowest BCUT2D eigenvalue weighted by molar-refractivity contribution is 0.0954. The van der Waals surface area contributed by atoms with Crippen LogP contribution in [0, 0.1) is 0 Å². The first kappa shape index (κ1) is 21.8. The largest absolute Gasteiger partial charge is 0.357 e. The van der Waals surface area contributed by atoms with E-state index in [9.17, 15) is 4.79 Å². The van der Waals surface area contributed by atoms with Gasteiger partial charge in [0.05, 0.1) is 12.1 Å². The Hall–Kier alpha value is -2.93. The predicted molar refractivity (Wildman–Crippen MR) is 120 cm³/mol. The number of benzene rings is 1. The normalized spacial score (nSPS) is 14.5. The van der Waals surface area contributed by atoms with E-state index in [-0.39, 0.29) is 5.91 Å². The Labute approximate surface area is 179 Å². The number of amides is 1. The molecule has 3 N–H and O–H groups in total. The van der Waals surface area contributed by atoms with Gasteiger partial charge in [0.15, 0.2) is 5.96 Å². The molecule has 2 heterocycles. The van der Waals surface area contributed by atoms with Gasteiger partial charge in [-0.3, -0.25) is 14.7 Å². The van der Waals surface area contributed by atoms with Crippen molar-refractivity contribution in [2.24, 2.45) is 4.99 Å². The Balaban J connectivity index is 1.42. The van der Waals surface area contributed by atoms with Crippen molar-refractivity contribution in [1.29, 1.82) is 0 Å². The highest BCUT2D eigenvalue weighted by Gasteiger charge is 2.11. The summed E-state index contributed by atoms with van der Waals surface area (Å²) in [6.07, 6.45) is 5.85. The van der Waals surface area contributed by atoms with Crippen molar-refractivity contribution >= 4 is 11.9 Å². The summed E-state index contributed by atoms with van der Waals surface area (Å²) in [6, 6.07) is 12.2. The average molecular weight is 409 g/mol. The van der Waals surface area contributed by atoms with Gasteiger partial charge in [-0.2, -0.15) is 0 Å². The Kier molecular flexibility index (Phi) is 8.65. The lowest BCUT2D eigenvalue weighted by Crippen LogP contribution is -2.41. The minimum Gasteiger partial charge on any atom is -0.357 e. The zero-order chi connectivity index (χ0) is 21.0. The van der Waals surface area contributed by atoms with E-state index in [0.29, 0.717) is 25.2 Å². The van der Waals surface area contributed by atoms with Gasteiger partial charge in [-0.1, -0.05) is 24.3 Å². The van der Waals surface area contributed by atoms with Crippen LogP contribution in [0.5, 0.6) is 0 Å². The summed E-state index contributed by atoms with van der Waals surface area (Å²) in [7, 11) is 0. The van der Waals surface area contributed by atoms with Crippen LogP contribution in [-0.2, 0) is 13.1 Å². The van der Waals surface area contributed by atoms with Crippen LogP contribution in [0.1, 0.15) is 41.3 Å². The van der Waals surface area contributed by atoms with Crippen molar-refractivity contribution in [3.05, 3.63) is 65.5 Å². The second kappa shape index (κ2) is 11.9. The van der Waals surface area contributed by atoms with Crippen LogP contribution in [0.2, 0.25) is 0 Å². The van der Waals surface area contributed by atoms with Gasteiger partial charge in [-0.15, -0.1) is 0 Å². The third kappa shape index (κ3) is 7.15. The lowest BCUT2D eigenvalue weighted by Gasteiger charge is -2.14. The number of hydrogen-bond acceptors (Lipinski definition) is 4. The zero-order valence-corrected chi connectivity index (χ0v) is 17.7. The molecule has 1 aliphatic heterocycles. The second-order valence-electron chi connectivity index (χ2n) is 7.42. The number of aromatic nitrogens is 1.